The zero-order valence-corrected chi connectivity index (χ0v) is 14.3. The van der Waals surface area contributed by atoms with Gasteiger partial charge in [-0.05, 0) is 13.0 Å². The average Bonchev–Trinajstić information content (AvgIpc) is 2.89. The number of pyridine rings is 1. The van der Waals surface area contributed by atoms with Crippen LogP contribution in [0.4, 0.5) is 0 Å². The lowest BCUT2D eigenvalue weighted by molar-refractivity contribution is -0.145. The van der Waals surface area contributed by atoms with Gasteiger partial charge in [0.1, 0.15) is 6.04 Å². The third-order valence-corrected chi connectivity index (χ3v) is 4.29. The van der Waals surface area contributed by atoms with Crippen LogP contribution in [-0.4, -0.2) is 63.7 Å². The van der Waals surface area contributed by atoms with Crippen LogP contribution in [0, 0.1) is 6.92 Å². The molecule has 1 aliphatic heterocycles. The van der Waals surface area contributed by atoms with Crippen molar-refractivity contribution in [3.05, 3.63) is 23.5 Å². The molecule has 9 nitrogen and oxygen atoms in total. The molecule has 132 valence electrons. The van der Waals surface area contributed by atoms with Crippen LogP contribution in [-0.2, 0) is 21.4 Å². The van der Waals surface area contributed by atoms with Crippen LogP contribution in [0.1, 0.15) is 22.5 Å². The molecule has 9 heteroatoms. The molecule has 0 bridgehead atoms. The Kier molecular flexibility index (Phi) is 4.39. The van der Waals surface area contributed by atoms with Crippen LogP contribution < -0.4 is 5.32 Å². The van der Waals surface area contributed by atoms with Crippen molar-refractivity contribution in [1.29, 1.82) is 0 Å². The van der Waals surface area contributed by atoms with Crippen molar-refractivity contribution in [3.63, 3.8) is 0 Å². The molecule has 25 heavy (non-hydrogen) atoms. The summed E-state index contributed by atoms with van der Waals surface area (Å²) >= 11 is 0. The third kappa shape index (κ3) is 3.04. The number of carbonyl (C=O) groups is 3. The Morgan fingerprint density at radius 1 is 1.44 bits per heavy atom. The van der Waals surface area contributed by atoms with Gasteiger partial charge < -0.3 is 15.0 Å². The van der Waals surface area contributed by atoms with Crippen molar-refractivity contribution in [2.45, 2.75) is 19.4 Å². The van der Waals surface area contributed by atoms with E-state index in [4.69, 9.17) is 0 Å². The van der Waals surface area contributed by atoms with Gasteiger partial charge in [0.2, 0.25) is 5.91 Å². The van der Waals surface area contributed by atoms with Crippen molar-refractivity contribution in [3.8, 4) is 0 Å². The summed E-state index contributed by atoms with van der Waals surface area (Å²) < 4.78 is 6.28. The Labute approximate surface area is 143 Å². The fourth-order valence-corrected chi connectivity index (χ4v) is 2.99. The normalized spacial score (nSPS) is 17.5. The SMILES string of the molecule is COC(=O)CC1C(=O)NCCN1C(=O)c1cnc2c(c1)c(C)nn2C. The molecule has 1 fully saturated rings. The highest BCUT2D eigenvalue weighted by molar-refractivity contribution is 6.01. The van der Waals surface area contributed by atoms with Gasteiger partial charge in [0.05, 0.1) is 24.8 Å². The number of rotatable bonds is 3. The summed E-state index contributed by atoms with van der Waals surface area (Å²) in [6.07, 6.45) is 1.28. The molecule has 1 unspecified atom stereocenters. The number of esters is 1. The van der Waals surface area contributed by atoms with Gasteiger partial charge in [-0.2, -0.15) is 5.10 Å². The number of piperazine rings is 1. The van der Waals surface area contributed by atoms with E-state index in [0.717, 1.165) is 11.1 Å². The number of aryl methyl sites for hydroxylation is 2. The van der Waals surface area contributed by atoms with Gasteiger partial charge in [-0.25, -0.2) is 4.98 Å². The number of carbonyl (C=O) groups excluding carboxylic acids is 3. The summed E-state index contributed by atoms with van der Waals surface area (Å²) in [4.78, 5) is 42.3. The second-order valence-electron chi connectivity index (χ2n) is 5.89. The van der Waals surface area contributed by atoms with Crippen LogP contribution in [0.25, 0.3) is 11.0 Å². The van der Waals surface area contributed by atoms with Gasteiger partial charge in [-0.15, -0.1) is 0 Å². The van der Waals surface area contributed by atoms with E-state index in [1.165, 1.54) is 18.2 Å². The van der Waals surface area contributed by atoms with E-state index >= 15 is 0 Å². The Bertz CT molecular complexity index is 860. The minimum Gasteiger partial charge on any atom is -0.469 e. The zero-order chi connectivity index (χ0) is 18.1. The van der Waals surface area contributed by atoms with E-state index in [1.54, 1.807) is 17.8 Å². The largest absolute Gasteiger partial charge is 0.469 e. The van der Waals surface area contributed by atoms with Gasteiger partial charge >= 0.3 is 5.97 Å². The molecule has 0 saturated carbocycles. The summed E-state index contributed by atoms with van der Waals surface area (Å²) in [6.45, 7) is 2.49. The van der Waals surface area contributed by atoms with Crippen LogP contribution in [0.15, 0.2) is 12.3 Å². The van der Waals surface area contributed by atoms with Crippen molar-refractivity contribution < 1.29 is 19.1 Å². The number of aromatic nitrogens is 3. The predicted octanol–water partition coefficient (Wildman–Crippen LogP) is -0.220. The fraction of sp³-hybridized carbons (Fsp3) is 0.438. The minimum atomic E-state index is -0.889. The minimum absolute atomic E-state index is 0.185. The second-order valence-corrected chi connectivity index (χ2v) is 5.89. The maximum Gasteiger partial charge on any atom is 0.308 e. The maximum atomic E-state index is 12.9. The van der Waals surface area contributed by atoms with Crippen LogP contribution in [0.2, 0.25) is 0 Å². The van der Waals surface area contributed by atoms with Crippen molar-refractivity contribution >= 4 is 28.8 Å². The Balaban J connectivity index is 1.93. The van der Waals surface area contributed by atoms with Gasteiger partial charge in [-0.3, -0.25) is 19.1 Å². The molecule has 3 rings (SSSR count). The molecule has 1 saturated heterocycles. The summed E-state index contributed by atoms with van der Waals surface area (Å²) in [6, 6.07) is 0.828. The number of amides is 2. The lowest BCUT2D eigenvalue weighted by Crippen LogP contribution is -2.57. The molecule has 0 aliphatic carbocycles. The monoisotopic (exact) mass is 345 g/mol. The molecule has 1 aliphatic rings. The number of hydrogen-bond donors (Lipinski definition) is 1. The number of ether oxygens (including phenoxy) is 1. The Morgan fingerprint density at radius 2 is 2.20 bits per heavy atom. The first-order valence-electron chi connectivity index (χ1n) is 7.87. The maximum absolute atomic E-state index is 12.9. The van der Waals surface area contributed by atoms with E-state index in [-0.39, 0.29) is 18.2 Å². The van der Waals surface area contributed by atoms with Crippen molar-refractivity contribution in [1.82, 2.24) is 25.0 Å². The molecular formula is C16H19N5O4. The van der Waals surface area contributed by atoms with Crippen LogP contribution in [0.5, 0.6) is 0 Å². The molecule has 0 aromatic carbocycles. The first-order valence-corrected chi connectivity index (χ1v) is 7.87. The predicted molar refractivity (Wildman–Crippen MR) is 87.7 cm³/mol. The third-order valence-electron chi connectivity index (χ3n) is 4.29. The van der Waals surface area contributed by atoms with Crippen molar-refractivity contribution in [2.75, 3.05) is 20.2 Å². The second kappa shape index (κ2) is 6.50. The Hall–Kier alpha value is -2.97. The number of nitrogens with one attached hydrogen (secondary N) is 1. The fourth-order valence-electron chi connectivity index (χ4n) is 2.99. The van der Waals surface area contributed by atoms with Crippen LogP contribution in [0.3, 0.4) is 0 Å². The molecule has 1 atom stereocenters. The van der Waals surface area contributed by atoms with E-state index in [2.05, 4.69) is 20.1 Å². The van der Waals surface area contributed by atoms with E-state index < -0.39 is 12.0 Å². The molecular weight excluding hydrogens is 326 g/mol. The summed E-state index contributed by atoms with van der Waals surface area (Å²) in [7, 11) is 3.03. The van der Waals surface area contributed by atoms with Gasteiger partial charge in [0.15, 0.2) is 5.65 Å². The smallest absolute Gasteiger partial charge is 0.308 e. The molecule has 2 aromatic rings. The number of nitrogens with zero attached hydrogens (tertiary/aromatic N) is 4. The Morgan fingerprint density at radius 3 is 2.92 bits per heavy atom. The zero-order valence-electron chi connectivity index (χ0n) is 14.3. The van der Waals surface area contributed by atoms with Gasteiger partial charge in [0, 0.05) is 31.7 Å². The molecule has 0 spiro atoms. The quantitative estimate of drug-likeness (QED) is 0.771. The molecule has 1 N–H and O–H groups in total. The average molecular weight is 345 g/mol. The molecule has 0 radical (unpaired) electrons. The standard InChI is InChI=1S/C16H19N5O4/c1-9-11-6-10(8-18-14(11)20(2)19-9)16(24)21-5-4-17-15(23)12(21)7-13(22)25-3/h6,8,12H,4-5,7H2,1-3H3,(H,17,23). The van der Waals surface area contributed by atoms with E-state index in [0.29, 0.717) is 24.3 Å². The summed E-state index contributed by atoms with van der Waals surface area (Å²) in [5, 5.41) is 7.73. The highest BCUT2D eigenvalue weighted by Gasteiger charge is 2.35. The van der Waals surface area contributed by atoms with E-state index in [9.17, 15) is 14.4 Å². The number of hydrogen-bond acceptors (Lipinski definition) is 6. The van der Waals surface area contributed by atoms with Gasteiger partial charge in [-0.1, -0.05) is 0 Å². The first kappa shape index (κ1) is 16.9. The molecule has 3 heterocycles. The topological polar surface area (TPSA) is 106 Å². The summed E-state index contributed by atoms with van der Waals surface area (Å²) in [5.41, 5.74) is 1.80. The number of fused-ring (bicyclic) bond motifs is 1. The van der Waals surface area contributed by atoms with E-state index in [1.807, 2.05) is 6.92 Å². The summed E-state index contributed by atoms with van der Waals surface area (Å²) in [5.74, 6) is -1.26. The first-order chi connectivity index (χ1) is 11.9. The highest BCUT2D eigenvalue weighted by atomic mass is 16.5. The van der Waals surface area contributed by atoms with Crippen molar-refractivity contribution in [2.24, 2.45) is 7.05 Å². The molecule has 2 amide bonds. The van der Waals surface area contributed by atoms with Gasteiger partial charge in [0.25, 0.3) is 5.91 Å². The lowest BCUT2D eigenvalue weighted by atomic mass is 10.1. The van der Waals surface area contributed by atoms with Crippen LogP contribution >= 0.6 is 0 Å². The lowest BCUT2D eigenvalue weighted by Gasteiger charge is -2.34. The molecule has 2 aromatic heterocycles. The highest BCUT2D eigenvalue weighted by Crippen LogP contribution is 2.19. The number of methoxy groups -OCH3 is 1.